The molecule has 2 aromatic heterocycles. The molecular weight excluding hydrogens is 574 g/mol. The van der Waals surface area contributed by atoms with Crippen LogP contribution in [0.15, 0.2) is 10.8 Å². The highest BCUT2D eigenvalue weighted by Crippen LogP contribution is 2.28. The van der Waals surface area contributed by atoms with E-state index >= 15 is 0 Å². The summed E-state index contributed by atoms with van der Waals surface area (Å²) in [6.45, 7) is 15.1. The average molecular weight is 620 g/mol. The summed E-state index contributed by atoms with van der Waals surface area (Å²) in [5.74, 6) is 0.123. The van der Waals surface area contributed by atoms with Gasteiger partial charge in [0.05, 0.1) is 19.0 Å². The molecule has 2 rings (SSSR count). The fraction of sp³-hybridized carbons (Fsp3) is 0.679. The van der Waals surface area contributed by atoms with Crippen molar-refractivity contribution >= 4 is 55.8 Å². The van der Waals surface area contributed by atoms with Crippen molar-refractivity contribution in [2.24, 2.45) is 11.8 Å². The van der Waals surface area contributed by atoms with Gasteiger partial charge in [-0.05, 0) is 58.5 Å². The molecule has 1 unspecified atom stereocenters. The maximum Gasteiger partial charge on any atom is 0.357 e. The van der Waals surface area contributed by atoms with E-state index in [0.717, 1.165) is 36.0 Å². The topological polar surface area (TPSA) is 133 Å². The zero-order valence-corrected chi connectivity index (χ0v) is 27.7. The van der Waals surface area contributed by atoms with Gasteiger partial charge in [0.15, 0.2) is 5.69 Å². The summed E-state index contributed by atoms with van der Waals surface area (Å²) >= 11 is 2.72. The molecule has 0 aliphatic heterocycles. The Morgan fingerprint density at radius 3 is 1.98 bits per heavy atom. The Hall–Kier alpha value is -1.96. The fourth-order valence-electron chi connectivity index (χ4n) is 4.52. The minimum atomic E-state index is -0.789. The largest absolute Gasteiger partial charge is 0.461 e. The quantitative estimate of drug-likeness (QED) is 0.144. The Morgan fingerprint density at radius 1 is 0.952 bits per heavy atom. The van der Waals surface area contributed by atoms with Crippen LogP contribution in [-0.4, -0.2) is 95.3 Å². The molecule has 0 amide bonds. The van der Waals surface area contributed by atoms with E-state index in [1.165, 1.54) is 30.1 Å². The molecule has 2 radical (unpaired) electrons. The number of aromatic nitrogens is 2. The average Bonchev–Trinajstić information content (AvgIpc) is 3.60. The van der Waals surface area contributed by atoms with Gasteiger partial charge in [-0.25, -0.2) is 14.8 Å². The lowest BCUT2D eigenvalue weighted by atomic mass is 9.85. The Balaban J connectivity index is 0.000000422. The smallest absolute Gasteiger partial charge is 0.357 e. The van der Waals surface area contributed by atoms with Crippen molar-refractivity contribution in [1.82, 2.24) is 19.6 Å². The third-order valence-electron chi connectivity index (χ3n) is 6.66. The lowest BCUT2D eigenvalue weighted by Crippen LogP contribution is -2.43. The summed E-state index contributed by atoms with van der Waals surface area (Å²) in [7, 11) is 4.84. The molecule has 0 spiro atoms. The van der Waals surface area contributed by atoms with E-state index in [4.69, 9.17) is 4.74 Å². The molecule has 0 saturated heterocycles. The van der Waals surface area contributed by atoms with Gasteiger partial charge in [-0.15, -0.1) is 22.7 Å². The van der Waals surface area contributed by atoms with Gasteiger partial charge in [-0.3, -0.25) is 0 Å². The van der Waals surface area contributed by atoms with Crippen molar-refractivity contribution in [1.29, 1.82) is 0 Å². The number of hydrogen-bond acceptors (Lipinski definition) is 12. The number of aliphatic hydroxyl groups is 2. The first kappa shape index (κ1) is 38.1. The summed E-state index contributed by atoms with van der Waals surface area (Å²) in [4.78, 5) is 45.3. The summed E-state index contributed by atoms with van der Waals surface area (Å²) in [6, 6.07) is 0.134. The summed E-state index contributed by atoms with van der Waals surface area (Å²) in [5.41, 5.74) is 1.16. The lowest BCUT2D eigenvalue weighted by Gasteiger charge is -2.34. The van der Waals surface area contributed by atoms with Crippen LogP contribution in [0, 0.1) is 18.8 Å². The number of aliphatic hydroxyl groups excluding tert-OH is 2. The number of thiazole rings is 2. The summed E-state index contributed by atoms with van der Waals surface area (Å²) in [6.07, 6.45) is 2.18. The molecule has 0 saturated carbocycles. The van der Waals surface area contributed by atoms with Crippen LogP contribution in [-0.2, 0) is 14.3 Å². The Labute approximate surface area is 260 Å². The molecule has 2 aromatic rings. The van der Waals surface area contributed by atoms with Crippen LogP contribution in [0.25, 0.3) is 0 Å². The maximum absolute atomic E-state index is 11.6. The highest BCUT2D eigenvalue weighted by Gasteiger charge is 2.27. The first-order chi connectivity index (χ1) is 19.9. The monoisotopic (exact) mass is 620 g/mol. The van der Waals surface area contributed by atoms with E-state index in [-0.39, 0.29) is 30.3 Å². The first-order valence-corrected chi connectivity index (χ1v) is 16.1. The van der Waals surface area contributed by atoms with Gasteiger partial charge in [0.25, 0.3) is 14.8 Å². The molecule has 0 fully saturated rings. The van der Waals surface area contributed by atoms with Crippen LogP contribution >= 0.6 is 22.7 Å². The number of aryl methyl sites for hydroxylation is 1. The Bertz CT molecular complexity index is 1070. The predicted molar refractivity (Wildman–Crippen MR) is 171 cm³/mol. The summed E-state index contributed by atoms with van der Waals surface area (Å²) < 4.78 is 4.88. The normalized spacial score (nSPS) is 14.2. The van der Waals surface area contributed by atoms with Gasteiger partial charge in [-0.1, -0.05) is 34.6 Å². The van der Waals surface area contributed by atoms with E-state index in [2.05, 4.69) is 30.7 Å². The minimum Gasteiger partial charge on any atom is -0.461 e. The molecule has 2 N–H and O–H groups in total. The van der Waals surface area contributed by atoms with Crippen molar-refractivity contribution in [3.05, 3.63) is 32.2 Å². The van der Waals surface area contributed by atoms with E-state index in [1.54, 1.807) is 31.6 Å². The second-order valence-electron chi connectivity index (χ2n) is 10.7. The molecule has 0 aliphatic carbocycles. The molecule has 42 heavy (non-hydrogen) atoms. The van der Waals surface area contributed by atoms with Gasteiger partial charge in [0, 0.05) is 28.5 Å². The SMILES string of the molecule is CCCN([B]C=O)C(C[C@@H](O)c1nc(C)cs1)C(C)C.CCOC(=O)c1csc([C@H](O)C[C@@H](C(C)C)N(C)[B]C=O)n1. The summed E-state index contributed by atoms with van der Waals surface area (Å²) in [5, 5.41) is 25.5. The third kappa shape index (κ3) is 12.7. The van der Waals surface area contributed by atoms with Crippen molar-refractivity contribution < 1.29 is 29.3 Å². The van der Waals surface area contributed by atoms with Crippen LogP contribution in [0.5, 0.6) is 0 Å². The molecule has 0 aliphatic rings. The molecule has 4 atom stereocenters. The molecular formula is C28H46B2N4O6S2. The Kier molecular flexibility index (Phi) is 18.2. The van der Waals surface area contributed by atoms with Crippen molar-refractivity contribution in [2.45, 2.75) is 92.0 Å². The van der Waals surface area contributed by atoms with Gasteiger partial charge < -0.3 is 34.2 Å². The van der Waals surface area contributed by atoms with Crippen molar-refractivity contribution in [3.8, 4) is 0 Å². The molecule has 232 valence electrons. The molecule has 10 nitrogen and oxygen atoms in total. The zero-order chi connectivity index (χ0) is 31.8. The Morgan fingerprint density at radius 2 is 1.50 bits per heavy atom. The molecule has 0 aromatic carbocycles. The second-order valence-corrected chi connectivity index (χ2v) is 12.5. The van der Waals surface area contributed by atoms with Crippen LogP contribution < -0.4 is 0 Å². The standard InChI is InChI=1S/C14H22BN2O4S.C14H24BN2O2S/c1-5-21-14(20)10-7-22-13(16-10)12(19)6-11(9(2)3)17(4)15-8-18;1-5-6-17(15-9-18)12(10(2)3)7-13(19)14-16-11(4)8-20-14/h7-9,11-12,19H,5-6H2,1-4H3;8-10,12-13,19H,5-7H2,1-4H3/t11-,12+;12?,13-/m01/s1. The van der Waals surface area contributed by atoms with E-state index in [1.807, 2.05) is 31.0 Å². The van der Waals surface area contributed by atoms with E-state index < -0.39 is 18.2 Å². The molecule has 0 bridgehead atoms. The molecule has 2 heterocycles. The number of esters is 1. The minimum absolute atomic E-state index is 0.00450. The van der Waals surface area contributed by atoms with Gasteiger partial charge >= 0.3 is 5.97 Å². The van der Waals surface area contributed by atoms with Gasteiger partial charge in [0.2, 0.25) is 0 Å². The van der Waals surface area contributed by atoms with Crippen LogP contribution in [0.3, 0.4) is 0 Å². The number of carbonyl (C=O) groups excluding carboxylic acids is 3. The number of carbonyl (C=O) groups is 3. The van der Waals surface area contributed by atoms with Crippen molar-refractivity contribution in [2.75, 3.05) is 20.2 Å². The van der Waals surface area contributed by atoms with Crippen molar-refractivity contribution in [3.63, 3.8) is 0 Å². The van der Waals surface area contributed by atoms with Crippen LogP contribution in [0.1, 0.15) is 99.2 Å². The third-order valence-corrected chi connectivity index (χ3v) is 8.67. The zero-order valence-electron chi connectivity index (χ0n) is 26.1. The first-order valence-electron chi connectivity index (χ1n) is 14.3. The molecule has 14 heteroatoms. The number of nitrogens with zero attached hydrogens (tertiary/aromatic N) is 4. The maximum atomic E-state index is 11.6. The van der Waals surface area contributed by atoms with Crippen LogP contribution in [0.2, 0.25) is 0 Å². The fourth-order valence-corrected chi connectivity index (χ4v) is 6.10. The number of hydrogen-bond donors (Lipinski definition) is 2. The van der Waals surface area contributed by atoms with Gasteiger partial charge in [0.1, 0.15) is 22.2 Å². The highest BCUT2D eigenvalue weighted by molar-refractivity contribution is 7.10. The van der Waals surface area contributed by atoms with E-state index in [0.29, 0.717) is 23.8 Å². The second kappa shape index (κ2) is 20.1. The van der Waals surface area contributed by atoms with Crippen LogP contribution in [0.4, 0.5) is 0 Å². The van der Waals surface area contributed by atoms with E-state index in [9.17, 15) is 24.6 Å². The van der Waals surface area contributed by atoms with Gasteiger partial charge in [-0.2, -0.15) is 0 Å². The number of rotatable bonds is 18. The lowest BCUT2D eigenvalue weighted by molar-refractivity contribution is 0.0519. The predicted octanol–water partition coefficient (Wildman–Crippen LogP) is 3.93. The number of ether oxygens (including phenoxy) is 1. The highest BCUT2D eigenvalue weighted by atomic mass is 32.1.